The molecule has 3 saturated carbocycles. The normalized spacial score (nSPS) is 24.0. The molecule has 5 rings (SSSR count). The Bertz CT molecular complexity index is 1500. The summed E-state index contributed by atoms with van der Waals surface area (Å²) in [6.07, 6.45) is 13.8. The minimum absolute atomic E-state index is 0.00667. The van der Waals surface area contributed by atoms with E-state index >= 15 is 0 Å². The molecule has 1 aliphatic heterocycles. The second-order valence-electron chi connectivity index (χ2n) is 18.5. The molecule has 13 heteroatoms. The number of aliphatic hydroxyl groups excluding tert-OH is 1. The lowest BCUT2D eigenvalue weighted by Crippen LogP contribution is -2.62. The van der Waals surface area contributed by atoms with Crippen molar-refractivity contribution in [3.63, 3.8) is 0 Å². The van der Waals surface area contributed by atoms with Crippen molar-refractivity contribution < 1.29 is 29.1 Å². The second kappa shape index (κ2) is 17.0. The van der Waals surface area contributed by atoms with Crippen LogP contribution in [0.5, 0.6) is 0 Å². The van der Waals surface area contributed by atoms with Crippen molar-refractivity contribution in [3.05, 3.63) is 24.3 Å². The van der Waals surface area contributed by atoms with E-state index in [4.69, 9.17) is 0 Å². The summed E-state index contributed by atoms with van der Waals surface area (Å²) < 4.78 is 0. The van der Waals surface area contributed by atoms with Gasteiger partial charge >= 0.3 is 0 Å². The van der Waals surface area contributed by atoms with E-state index in [1.807, 2.05) is 27.7 Å². The molecule has 3 aliphatic carbocycles. The van der Waals surface area contributed by atoms with Crippen LogP contribution >= 0.6 is 0 Å². The monoisotopic (exact) mass is 751 g/mol. The number of hydrogen-bond acceptors (Lipinski definition) is 8. The van der Waals surface area contributed by atoms with Gasteiger partial charge in [0.15, 0.2) is 6.10 Å². The molecule has 4 aliphatic rings. The lowest BCUT2D eigenvalue weighted by molar-refractivity contribution is -0.145. The fraction of sp³-hybridized carbons (Fsp3) is 0.780. The Hall–Kier alpha value is -3.61. The molecule has 5 N–H and O–H groups in total. The van der Waals surface area contributed by atoms with Crippen molar-refractivity contribution in [2.75, 3.05) is 6.54 Å². The predicted molar refractivity (Wildman–Crippen MR) is 205 cm³/mol. The van der Waals surface area contributed by atoms with Gasteiger partial charge in [0.25, 0.3) is 11.8 Å². The molecule has 3 unspecified atom stereocenters. The quantitative estimate of drug-likeness (QED) is 0.178. The number of carbonyl (C=O) groups is 5. The van der Waals surface area contributed by atoms with Crippen LogP contribution in [0.4, 0.5) is 0 Å². The topological polar surface area (TPSA) is 183 Å². The van der Waals surface area contributed by atoms with Crippen molar-refractivity contribution >= 4 is 29.5 Å². The van der Waals surface area contributed by atoms with Crippen LogP contribution in [-0.2, 0) is 19.2 Å². The molecule has 0 bridgehead atoms. The van der Waals surface area contributed by atoms with Crippen molar-refractivity contribution in [2.24, 2.45) is 28.1 Å². The van der Waals surface area contributed by atoms with Crippen LogP contribution in [0.1, 0.15) is 142 Å². The summed E-state index contributed by atoms with van der Waals surface area (Å²) in [6.45, 7) is 14.7. The average Bonchev–Trinajstić information content (AvgIpc) is 3.82. The zero-order chi connectivity index (χ0) is 39.4. The Balaban J connectivity index is 1.41. The van der Waals surface area contributed by atoms with Gasteiger partial charge in [-0.2, -0.15) is 0 Å². The minimum Gasteiger partial charge on any atom is -0.381 e. The molecule has 5 amide bonds. The maximum absolute atomic E-state index is 15.0. The van der Waals surface area contributed by atoms with Gasteiger partial charge in [-0.15, -0.1) is 0 Å². The van der Waals surface area contributed by atoms with E-state index in [1.54, 1.807) is 4.90 Å². The maximum Gasteiger partial charge on any atom is 0.272 e. The lowest BCUT2D eigenvalue weighted by atomic mass is 9.51. The number of amides is 5. The van der Waals surface area contributed by atoms with Gasteiger partial charge in [-0.25, -0.2) is 4.98 Å². The highest BCUT2D eigenvalue weighted by atomic mass is 16.3. The number of aromatic nitrogens is 2. The SMILES string of the molecule is CCCC(NC(=O)[C@@H]1CC(C(C)(C)C2(C)CCC2)CN1C(=O)[C@@H](NC(=O)[C@@H](NC(=O)c1cnccn1)C1CCCCC1)C(C)(C)C)C(O)C(=O)NC1CC1. The summed E-state index contributed by atoms with van der Waals surface area (Å²) in [5, 5.41) is 22.9. The molecule has 1 aromatic rings. The highest BCUT2D eigenvalue weighted by Crippen LogP contribution is 2.59. The number of nitrogens with zero attached hydrogens (tertiary/aromatic N) is 3. The summed E-state index contributed by atoms with van der Waals surface area (Å²) in [7, 11) is 0. The van der Waals surface area contributed by atoms with E-state index in [0.717, 1.165) is 64.2 Å². The van der Waals surface area contributed by atoms with Gasteiger partial charge in [-0.05, 0) is 79.4 Å². The standard InChI is InChI=1S/C41H65N7O6/c1-8-13-28(32(49)37(53)44-27-16-17-27)45-35(51)30-22-26(40(5,6)41(7)18-12-19-41)24-48(30)38(54)33(39(2,3)4)47-36(52)31(25-14-10-9-11-15-25)46-34(50)29-23-42-20-21-43-29/h20-21,23,25-28,30-33,49H,8-19,22,24H2,1-7H3,(H,44,53)(H,45,51)(H,46,50)(H,47,52)/t26?,28?,30-,31-,32?,33+/m0/s1. The number of rotatable bonds is 15. The van der Waals surface area contributed by atoms with Crippen LogP contribution in [-0.4, -0.2) is 92.4 Å². The largest absolute Gasteiger partial charge is 0.381 e. The number of hydrogen-bond donors (Lipinski definition) is 5. The fourth-order valence-corrected chi connectivity index (χ4v) is 8.83. The van der Waals surface area contributed by atoms with E-state index in [2.05, 4.69) is 52.0 Å². The summed E-state index contributed by atoms with van der Waals surface area (Å²) >= 11 is 0. The summed E-state index contributed by atoms with van der Waals surface area (Å²) in [4.78, 5) is 79.7. The molecule has 2 heterocycles. The summed E-state index contributed by atoms with van der Waals surface area (Å²) in [5.41, 5.74) is -0.783. The van der Waals surface area contributed by atoms with E-state index in [0.29, 0.717) is 25.8 Å². The van der Waals surface area contributed by atoms with Gasteiger partial charge in [-0.3, -0.25) is 29.0 Å². The van der Waals surface area contributed by atoms with Crippen molar-refractivity contribution in [2.45, 2.75) is 168 Å². The highest BCUT2D eigenvalue weighted by Gasteiger charge is 2.55. The van der Waals surface area contributed by atoms with Crippen LogP contribution in [0.3, 0.4) is 0 Å². The third-order valence-electron chi connectivity index (χ3n) is 13.3. The molecule has 1 aromatic heterocycles. The van der Waals surface area contributed by atoms with Gasteiger partial charge in [0.05, 0.1) is 12.2 Å². The first-order valence-corrected chi connectivity index (χ1v) is 20.4. The maximum atomic E-state index is 15.0. The third-order valence-corrected chi connectivity index (χ3v) is 13.3. The molecular formula is C41H65N7O6. The molecule has 300 valence electrons. The van der Waals surface area contributed by atoms with E-state index < -0.39 is 59.3 Å². The van der Waals surface area contributed by atoms with Crippen molar-refractivity contribution in [3.8, 4) is 0 Å². The van der Waals surface area contributed by atoms with E-state index in [9.17, 15) is 29.1 Å². The second-order valence-corrected chi connectivity index (χ2v) is 18.5. The summed E-state index contributed by atoms with van der Waals surface area (Å²) in [5.74, 6) is -2.35. The van der Waals surface area contributed by atoms with E-state index in [-0.39, 0.29) is 40.3 Å². The Labute approximate surface area is 321 Å². The van der Waals surface area contributed by atoms with Crippen molar-refractivity contribution in [1.82, 2.24) is 36.1 Å². The number of likely N-dealkylation sites (tertiary alicyclic amines) is 1. The van der Waals surface area contributed by atoms with Gasteiger partial charge < -0.3 is 31.3 Å². The first-order valence-electron chi connectivity index (χ1n) is 20.4. The predicted octanol–water partition coefficient (Wildman–Crippen LogP) is 4.04. The summed E-state index contributed by atoms with van der Waals surface area (Å²) in [6, 6.07) is -3.52. The molecular weight excluding hydrogens is 686 g/mol. The van der Waals surface area contributed by atoms with Gasteiger partial charge in [0.2, 0.25) is 17.7 Å². The fourth-order valence-electron chi connectivity index (χ4n) is 8.83. The molecule has 54 heavy (non-hydrogen) atoms. The molecule has 1 saturated heterocycles. The van der Waals surface area contributed by atoms with Crippen LogP contribution in [0.15, 0.2) is 18.6 Å². The first-order chi connectivity index (χ1) is 25.5. The Morgan fingerprint density at radius 1 is 0.926 bits per heavy atom. The van der Waals surface area contributed by atoms with Crippen LogP contribution in [0.25, 0.3) is 0 Å². The Kier molecular flexibility index (Phi) is 13.1. The first kappa shape index (κ1) is 41.6. The highest BCUT2D eigenvalue weighted by molar-refractivity contribution is 5.98. The molecule has 13 nitrogen and oxygen atoms in total. The molecule has 0 spiro atoms. The number of aliphatic hydroxyl groups is 1. The molecule has 4 fully saturated rings. The lowest BCUT2D eigenvalue weighted by Gasteiger charge is -2.54. The van der Waals surface area contributed by atoms with Crippen LogP contribution in [0, 0.1) is 28.1 Å². The van der Waals surface area contributed by atoms with Gasteiger partial charge in [0, 0.05) is 25.0 Å². The number of carbonyl (C=O) groups excluding carboxylic acids is 5. The zero-order valence-corrected chi connectivity index (χ0v) is 33.6. The van der Waals surface area contributed by atoms with Crippen LogP contribution < -0.4 is 21.3 Å². The molecule has 6 atom stereocenters. The smallest absolute Gasteiger partial charge is 0.272 e. The Morgan fingerprint density at radius 2 is 1.61 bits per heavy atom. The number of nitrogens with one attached hydrogen (secondary N) is 4. The molecule has 0 aromatic carbocycles. The third kappa shape index (κ3) is 9.42. The Morgan fingerprint density at radius 3 is 2.17 bits per heavy atom. The van der Waals surface area contributed by atoms with Gasteiger partial charge in [-0.1, -0.05) is 80.6 Å². The zero-order valence-electron chi connectivity index (χ0n) is 33.6. The average molecular weight is 752 g/mol. The van der Waals surface area contributed by atoms with Crippen molar-refractivity contribution in [1.29, 1.82) is 0 Å². The van der Waals surface area contributed by atoms with Gasteiger partial charge in [0.1, 0.15) is 23.8 Å². The minimum atomic E-state index is -1.42. The van der Waals surface area contributed by atoms with Crippen LogP contribution in [0.2, 0.25) is 0 Å². The van der Waals surface area contributed by atoms with E-state index in [1.165, 1.54) is 18.6 Å². The molecule has 0 radical (unpaired) electrons.